The molecule has 0 aliphatic carbocycles. The molecule has 0 atom stereocenters. The van der Waals surface area contributed by atoms with Gasteiger partial charge in [-0.1, -0.05) is 18.2 Å². The second-order valence-electron chi connectivity index (χ2n) is 8.16. The second-order valence-corrected chi connectivity index (χ2v) is 8.16. The van der Waals surface area contributed by atoms with Crippen molar-refractivity contribution in [2.45, 2.75) is 33.4 Å². The lowest BCUT2D eigenvalue weighted by atomic mass is 10.0. The highest BCUT2D eigenvalue weighted by atomic mass is 19.4. The number of carbonyl (C=O) groups is 2. The van der Waals surface area contributed by atoms with Gasteiger partial charge >= 0.3 is 12.1 Å². The first-order valence-corrected chi connectivity index (χ1v) is 10.6. The number of fused-ring (bicyclic) bond motifs is 1. The molecule has 4 rings (SSSR count). The van der Waals surface area contributed by atoms with Crippen molar-refractivity contribution in [1.29, 1.82) is 0 Å². The third kappa shape index (κ3) is 4.59. The lowest BCUT2D eigenvalue weighted by Gasteiger charge is -2.17. The van der Waals surface area contributed by atoms with Crippen molar-refractivity contribution in [1.82, 2.24) is 15.0 Å². The van der Waals surface area contributed by atoms with Gasteiger partial charge in [-0.2, -0.15) is 17.9 Å². The number of rotatable bonds is 4. The average Bonchev–Trinajstić information content (AvgIpc) is 3.15. The summed E-state index contributed by atoms with van der Waals surface area (Å²) >= 11 is 0. The lowest BCUT2D eigenvalue weighted by molar-refractivity contribution is -0.199. The van der Waals surface area contributed by atoms with E-state index in [-0.39, 0.29) is 29.9 Å². The fourth-order valence-electron chi connectivity index (χ4n) is 3.83. The molecule has 0 radical (unpaired) electrons. The number of aryl methyl sites for hydroxylation is 3. The van der Waals surface area contributed by atoms with E-state index < -0.39 is 18.1 Å². The maximum atomic E-state index is 12.9. The van der Waals surface area contributed by atoms with Crippen molar-refractivity contribution in [2.24, 2.45) is 0 Å². The van der Waals surface area contributed by atoms with Crippen LogP contribution in [0.5, 0.6) is 0 Å². The van der Waals surface area contributed by atoms with Gasteiger partial charge in [0.1, 0.15) is 0 Å². The minimum atomic E-state index is -5.18. The zero-order valence-corrected chi connectivity index (χ0v) is 18.8. The van der Waals surface area contributed by atoms with Crippen LogP contribution in [0.4, 0.5) is 13.2 Å². The maximum absolute atomic E-state index is 12.9. The molecule has 0 bridgehead atoms. The Hall–Kier alpha value is -3.88. The highest BCUT2D eigenvalue weighted by Crippen LogP contribution is 2.29. The predicted octanol–water partition coefficient (Wildman–Crippen LogP) is 4.45. The number of pyridine rings is 1. The SMILES string of the molecule is Cc1cc(C)c(C=Cc2cc(-c3cc4c(n3OC(=O)C(F)(F)F)CCNC4=O)ccn2)cc1C. The number of hydrogen-bond acceptors (Lipinski definition) is 4. The highest BCUT2D eigenvalue weighted by Gasteiger charge is 2.43. The first kappa shape index (κ1) is 23.3. The molecule has 6 nitrogen and oxygen atoms in total. The second kappa shape index (κ2) is 8.81. The van der Waals surface area contributed by atoms with Crippen LogP contribution < -0.4 is 10.2 Å². The molecule has 0 saturated carbocycles. The Morgan fingerprint density at radius 1 is 1.09 bits per heavy atom. The fraction of sp³-hybridized carbons (Fsp3) is 0.240. The minimum Gasteiger partial charge on any atom is -0.352 e. The van der Waals surface area contributed by atoms with Crippen LogP contribution in [0.3, 0.4) is 0 Å². The van der Waals surface area contributed by atoms with Crippen LogP contribution in [0.1, 0.15) is 44.0 Å². The fourth-order valence-corrected chi connectivity index (χ4v) is 3.83. The Labute approximate surface area is 194 Å². The van der Waals surface area contributed by atoms with Crippen LogP contribution in [0, 0.1) is 20.8 Å². The topological polar surface area (TPSA) is 73.2 Å². The number of benzene rings is 1. The highest BCUT2D eigenvalue weighted by molar-refractivity contribution is 5.98. The van der Waals surface area contributed by atoms with E-state index in [0.29, 0.717) is 11.3 Å². The van der Waals surface area contributed by atoms with E-state index >= 15 is 0 Å². The summed E-state index contributed by atoms with van der Waals surface area (Å²) in [4.78, 5) is 32.9. The number of nitrogens with zero attached hydrogens (tertiary/aromatic N) is 2. The molecule has 3 heterocycles. The standard InChI is InChI=1S/C25H22F3N3O3/c1-14-10-16(3)17(11-15(14)2)4-5-19-12-18(6-8-29-19)22-13-20-21(7-9-30-23(20)32)31(22)34-24(33)25(26,27)28/h4-6,8,10-13H,7,9H2,1-3H3,(H,30,32). The molecular weight excluding hydrogens is 447 g/mol. The van der Waals surface area contributed by atoms with E-state index in [1.54, 1.807) is 18.2 Å². The zero-order chi connectivity index (χ0) is 24.6. The Morgan fingerprint density at radius 2 is 1.82 bits per heavy atom. The van der Waals surface area contributed by atoms with Crippen molar-refractivity contribution in [3.63, 3.8) is 0 Å². The van der Waals surface area contributed by atoms with Crippen LogP contribution in [0.15, 0.2) is 36.5 Å². The van der Waals surface area contributed by atoms with E-state index in [9.17, 15) is 22.8 Å². The van der Waals surface area contributed by atoms with E-state index in [1.165, 1.54) is 17.8 Å². The van der Waals surface area contributed by atoms with Gasteiger partial charge in [-0.3, -0.25) is 9.78 Å². The van der Waals surface area contributed by atoms with E-state index in [1.807, 2.05) is 26.8 Å². The first-order chi connectivity index (χ1) is 16.0. The number of aromatic nitrogens is 2. The van der Waals surface area contributed by atoms with Crippen LogP contribution in [0.2, 0.25) is 0 Å². The molecule has 1 aliphatic heterocycles. The number of hydrogen-bond donors (Lipinski definition) is 1. The monoisotopic (exact) mass is 469 g/mol. The molecule has 0 unspecified atom stereocenters. The normalized spacial score (nSPS) is 13.6. The largest absolute Gasteiger partial charge is 0.493 e. The summed E-state index contributed by atoms with van der Waals surface area (Å²) in [7, 11) is 0. The van der Waals surface area contributed by atoms with Crippen molar-refractivity contribution in [3.8, 4) is 11.3 Å². The molecule has 3 aromatic rings. The maximum Gasteiger partial charge on any atom is 0.493 e. The molecule has 0 spiro atoms. The summed E-state index contributed by atoms with van der Waals surface area (Å²) in [5.74, 6) is -2.80. The molecule has 0 fully saturated rings. The van der Waals surface area contributed by atoms with Crippen LogP contribution in [-0.4, -0.2) is 34.3 Å². The molecule has 1 amide bonds. The summed E-state index contributed by atoms with van der Waals surface area (Å²) in [5.41, 5.74) is 5.98. The average molecular weight is 469 g/mol. The van der Waals surface area contributed by atoms with Crippen molar-refractivity contribution in [3.05, 3.63) is 75.7 Å². The summed E-state index contributed by atoms with van der Waals surface area (Å²) < 4.78 is 39.5. The first-order valence-electron chi connectivity index (χ1n) is 10.6. The van der Waals surface area contributed by atoms with E-state index in [2.05, 4.69) is 22.4 Å². The van der Waals surface area contributed by atoms with Gasteiger partial charge in [-0.15, -0.1) is 0 Å². The number of alkyl halides is 3. The van der Waals surface area contributed by atoms with Gasteiger partial charge in [0.25, 0.3) is 5.91 Å². The van der Waals surface area contributed by atoms with Gasteiger partial charge in [-0.25, -0.2) is 4.79 Å². The molecule has 0 saturated heterocycles. The number of halogens is 3. The third-order valence-corrected chi connectivity index (χ3v) is 5.75. The van der Waals surface area contributed by atoms with Crippen molar-refractivity contribution in [2.75, 3.05) is 6.54 Å². The summed E-state index contributed by atoms with van der Waals surface area (Å²) in [6.07, 6.45) is 0.249. The van der Waals surface area contributed by atoms with Gasteiger partial charge in [0.2, 0.25) is 0 Å². The quantitative estimate of drug-likeness (QED) is 0.613. The van der Waals surface area contributed by atoms with Crippen LogP contribution >= 0.6 is 0 Å². The van der Waals surface area contributed by atoms with Crippen LogP contribution in [-0.2, 0) is 11.2 Å². The Bertz CT molecular complexity index is 1320. The molecule has 1 N–H and O–H groups in total. The summed E-state index contributed by atoms with van der Waals surface area (Å²) in [5, 5.41) is 2.64. The number of amides is 1. The number of nitrogens with one attached hydrogen (secondary N) is 1. The van der Waals surface area contributed by atoms with Gasteiger partial charge in [0, 0.05) is 24.7 Å². The van der Waals surface area contributed by atoms with Gasteiger partial charge in [-0.05, 0) is 67.3 Å². The van der Waals surface area contributed by atoms with E-state index in [4.69, 9.17) is 4.84 Å². The van der Waals surface area contributed by atoms with E-state index in [0.717, 1.165) is 21.4 Å². The van der Waals surface area contributed by atoms with Crippen molar-refractivity contribution < 1.29 is 27.6 Å². The Kier molecular flexibility index (Phi) is 6.03. The lowest BCUT2D eigenvalue weighted by Crippen LogP contribution is -2.37. The molecule has 34 heavy (non-hydrogen) atoms. The molecular formula is C25H22F3N3O3. The molecule has 1 aromatic carbocycles. The van der Waals surface area contributed by atoms with Gasteiger partial charge < -0.3 is 10.2 Å². The Morgan fingerprint density at radius 3 is 2.56 bits per heavy atom. The molecule has 176 valence electrons. The van der Waals surface area contributed by atoms with Gasteiger partial charge in [0.05, 0.1) is 22.6 Å². The summed E-state index contributed by atoms with van der Waals surface area (Å²) in [6, 6.07) is 8.82. The molecule has 9 heteroatoms. The summed E-state index contributed by atoms with van der Waals surface area (Å²) in [6.45, 7) is 6.30. The molecule has 2 aromatic heterocycles. The zero-order valence-electron chi connectivity index (χ0n) is 18.8. The van der Waals surface area contributed by atoms with Crippen molar-refractivity contribution >= 4 is 24.0 Å². The molecule has 1 aliphatic rings. The third-order valence-electron chi connectivity index (χ3n) is 5.75. The Balaban J connectivity index is 1.74. The number of carbonyl (C=O) groups excluding carboxylic acids is 2. The predicted molar refractivity (Wildman–Crippen MR) is 121 cm³/mol. The van der Waals surface area contributed by atoms with Gasteiger partial charge in [0.15, 0.2) is 0 Å². The minimum absolute atomic E-state index is 0.152. The smallest absolute Gasteiger partial charge is 0.352 e. The van der Waals surface area contributed by atoms with Crippen LogP contribution in [0.25, 0.3) is 23.4 Å².